The Hall–Kier alpha value is -0.790. The van der Waals surface area contributed by atoms with Gasteiger partial charge in [0.1, 0.15) is 5.82 Å². The summed E-state index contributed by atoms with van der Waals surface area (Å²) >= 11 is 0. The van der Waals surface area contributed by atoms with Gasteiger partial charge in [0.2, 0.25) is 0 Å². The molecule has 2 nitrogen and oxygen atoms in total. The molecule has 1 N–H and O–H groups in total. The number of rotatable bonds is 2. The van der Waals surface area contributed by atoms with Crippen molar-refractivity contribution in [2.45, 2.75) is 70.6 Å². The van der Waals surface area contributed by atoms with Gasteiger partial charge in [0.05, 0.1) is 5.69 Å². The smallest absolute Gasteiger partial charge is 0.112 e. The summed E-state index contributed by atoms with van der Waals surface area (Å²) in [4.78, 5) is 8.64. The van der Waals surface area contributed by atoms with Crippen LogP contribution in [-0.4, -0.2) is 9.97 Å². The number of imidazole rings is 1. The van der Waals surface area contributed by atoms with Crippen LogP contribution in [0.15, 0.2) is 0 Å². The highest BCUT2D eigenvalue weighted by molar-refractivity contribution is 5.23. The van der Waals surface area contributed by atoms with Crippen LogP contribution in [0, 0.1) is 5.92 Å². The van der Waals surface area contributed by atoms with Crippen LogP contribution in [-0.2, 0) is 18.3 Å². The summed E-state index contributed by atoms with van der Waals surface area (Å²) in [6.45, 7) is 4.68. The SMILES string of the molecule is CCC1(c2nc3c([nH]2)CC(C)CC3)CCCC1. The fourth-order valence-electron chi connectivity index (χ4n) is 3.72. The van der Waals surface area contributed by atoms with E-state index in [0.29, 0.717) is 5.41 Å². The van der Waals surface area contributed by atoms with E-state index in [-0.39, 0.29) is 0 Å². The summed E-state index contributed by atoms with van der Waals surface area (Å²) < 4.78 is 0. The Labute approximate surface area is 104 Å². The molecule has 1 heterocycles. The monoisotopic (exact) mass is 232 g/mol. The third-order valence-corrected chi connectivity index (χ3v) is 5.03. The Bertz CT molecular complexity index is 399. The lowest BCUT2D eigenvalue weighted by Crippen LogP contribution is -2.22. The molecule has 2 heteroatoms. The number of aryl methyl sites for hydroxylation is 1. The molecule has 17 heavy (non-hydrogen) atoms. The standard InChI is InChI=1S/C15H24N2/c1-3-15(8-4-5-9-15)14-16-12-7-6-11(2)10-13(12)17-14/h11H,3-10H2,1-2H3,(H,16,17). The maximum absolute atomic E-state index is 4.95. The van der Waals surface area contributed by atoms with E-state index in [4.69, 9.17) is 4.98 Å². The van der Waals surface area contributed by atoms with Crippen molar-refractivity contribution in [3.05, 3.63) is 17.2 Å². The Morgan fingerprint density at radius 2 is 2.12 bits per heavy atom. The zero-order chi connectivity index (χ0) is 11.9. The van der Waals surface area contributed by atoms with Gasteiger partial charge in [-0.3, -0.25) is 0 Å². The number of hydrogen-bond acceptors (Lipinski definition) is 1. The second kappa shape index (κ2) is 4.15. The molecule has 1 atom stereocenters. The van der Waals surface area contributed by atoms with Crippen molar-refractivity contribution in [1.29, 1.82) is 0 Å². The largest absolute Gasteiger partial charge is 0.345 e. The van der Waals surface area contributed by atoms with Crippen LogP contribution in [0.4, 0.5) is 0 Å². The van der Waals surface area contributed by atoms with Crippen molar-refractivity contribution in [1.82, 2.24) is 9.97 Å². The first kappa shape index (κ1) is 11.3. The minimum atomic E-state index is 0.389. The molecule has 0 bridgehead atoms. The van der Waals surface area contributed by atoms with Crippen LogP contribution in [0.2, 0.25) is 0 Å². The quantitative estimate of drug-likeness (QED) is 0.826. The maximum Gasteiger partial charge on any atom is 0.112 e. The maximum atomic E-state index is 4.95. The zero-order valence-corrected chi connectivity index (χ0v) is 11.2. The van der Waals surface area contributed by atoms with Crippen LogP contribution in [0.25, 0.3) is 0 Å². The van der Waals surface area contributed by atoms with Crippen LogP contribution in [0.3, 0.4) is 0 Å². The molecule has 1 aromatic heterocycles. The average Bonchev–Trinajstić information content (AvgIpc) is 2.94. The molecule has 1 aromatic rings. The van der Waals surface area contributed by atoms with Gasteiger partial charge >= 0.3 is 0 Å². The Kier molecular flexibility index (Phi) is 2.76. The van der Waals surface area contributed by atoms with Gasteiger partial charge in [-0.25, -0.2) is 4.98 Å². The normalized spacial score (nSPS) is 27.1. The molecule has 0 aromatic carbocycles. The number of nitrogens with one attached hydrogen (secondary N) is 1. The van der Waals surface area contributed by atoms with Gasteiger partial charge in [0.15, 0.2) is 0 Å². The number of aromatic amines is 1. The van der Waals surface area contributed by atoms with E-state index in [1.165, 1.54) is 68.6 Å². The second-order valence-electron chi connectivity index (χ2n) is 6.20. The van der Waals surface area contributed by atoms with Crippen molar-refractivity contribution >= 4 is 0 Å². The average molecular weight is 232 g/mol. The molecule has 0 saturated heterocycles. The lowest BCUT2D eigenvalue weighted by Gasteiger charge is -2.24. The molecular formula is C15H24N2. The molecule has 1 fully saturated rings. The summed E-state index contributed by atoms with van der Waals surface area (Å²) in [7, 11) is 0. The van der Waals surface area contributed by atoms with Gasteiger partial charge in [-0.15, -0.1) is 0 Å². The van der Waals surface area contributed by atoms with Gasteiger partial charge in [0, 0.05) is 11.1 Å². The zero-order valence-electron chi connectivity index (χ0n) is 11.2. The molecule has 0 spiro atoms. The minimum absolute atomic E-state index is 0.389. The molecule has 94 valence electrons. The van der Waals surface area contributed by atoms with E-state index in [1.54, 1.807) is 0 Å². The van der Waals surface area contributed by atoms with E-state index in [9.17, 15) is 0 Å². The minimum Gasteiger partial charge on any atom is -0.345 e. The van der Waals surface area contributed by atoms with Gasteiger partial charge in [-0.05, 0) is 44.4 Å². The number of nitrogens with zero attached hydrogens (tertiary/aromatic N) is 1. The van der Waals surface area contributed by atoms with Crippen molar-refractivity contribution in [2.75, 3.05) is 0 Å². The third kappa shape index (κ3) is 1.82. The lowest BCUT2D eigenvalue weighted by molar-refractivity contribution is 0.401. The van der Waals surface area contributed by atoms with E-state index >= 15 is 0 Å². The van der Waals surface area contributed by atoms with Crippen molar-refractivity contribution < 1.29 is 0 Å². The van der Waals surface area contributed by atoms with E-state index < -0.39 is 0 Å². The number of H-pyrrole nitrogens is 1. The Morgan fingerprint density at radius 1 is 1.35 bits per heavy atom. The lowest BCUT2D eigenvalue weighted by atomic mass is 9.83. The van der Waals surface area contributed by atoms with Crippen LogP contribution < -0.4 is 0 Å². The summed E-state index contributed by atoms with van der Waals surface area (Å²) in [6.07, 6.45) is 10.4. The molecule has 2 aliphatic rings. The van der Waals surface area contributed by atoms with Crippen LogP contribution in [0.5, 0.6) is 0 Å². The predicted molar refractivity (Wildman–Crippen MR) is 70.2 cm³/mol. The fourth-order valence-corrected chi connectivity index (χ4v) is 3.72. The summed E-state index contributed by atoms with van der Waals surface area (Å²) in [6, 6.07) is 0. The first-order chi connectivity index (χ1) is 8.23. The molecule has 0 aliphatic heterocycles. The van der Waals surface area contributed by atoms with Gasteiger partial charge in [-0.1, -0.05) is 26.7 Å². The molecule has 0 radical (unpaired) electrons. The van der Waals surface area contributed by atoms with Crippen molar-refractivity contribution in [3.63, 3.8) is 0 Å². The van der Waals surface area contributed by atoms with Crippen molar-refractivity contribution in [3.8, 4) is 0 Å². The Balaban J connectivity index is 1.93. The first-order valence-corrected chi connectivity index (χ1v) is 7.32. The van der Waals surface area contributed by atoms with Crippen molar-refractivity contribution in [2.24, 2.45) is 5.92 Å². The highest BCUT2D eigenvalue weighted by Gasteiger charge is 2.37. The van der Waals surface area contributed by atoms with E-state index in [0.717, 1.165) is 5.92 Å². The molecular weight excluding hydrogens is 208 g/mol. The molecule has 1 unspecified atom stereocenters. The molecule has 1 saturated carbocycles. The van der Waals surface area contributed by atoms with Crippen LogP contribution in [0.1, 0.15) is 69.6 Å². The summed E-state index contributed by atoms with van der Waals surface area (Å²) in [5.41, 5.74) is 3.21. The number of aromatic nitrogens is 2. The van der Waals surface area contributed by atoms with Gasteiger partial charge in [-0.2, -0.15) is 0 Å². The number of fused-ring (bicyclic) bond motifs is 1. The topological polar surface area (TPSA) is 28.7 Å². The second-order valence-corrected chi connectivity index (χ2v) is 6.20. The Morgan fingerprint density at radius 3 is 2.82 bits per heavy atom. The van der Waals surface area contributed by atoms with Gasteiger partial charge < -0.3 is 4.98 Å². The predicted octanol–water partition coefficient (Wildman–Crippen LogP) is 3.76. The first-order valence-electron chi connectivity index (χ1n) is 7.32. The molecule has 2 aliphatic carbocycles. The highest BCUT2D eigenvalue weighted by Crippen LogP contribution is 2.43. The molecule has 0 amide bonds. The number of hydrogen-bond donors (Lipinski definition) is 1. The van der Waals surface area contributed by atoms with E-state index in [1.807, 2.05) is 0 Å². The third-order valence-electron chi connectivity index (χ3n) is 5.03. The molecule has 3 rings (SSSR count). The van der Waals surface area contributed by atoms with Gasteiger partial charge in [0.25, 0.3) is 0 Å². The summed E-state index contributed by atoms with van der Waals surface area (Å²) in [5.74, 6) is 2.15. The summed E-state index contributed by atoms with van der Waals surface area (Å²) in [5, 5.41) is 0. The van der Waals surface area contributed by atoms with E-state index in [2.05, 4.69) is 18.8 Å². The highest BCUT2D eigenvalue weighted by atomic mass is 15.0. The fraction of sp³-hybridized carbons (Fsp3) is 0.800. The van der Waals surface area contributed by atoms with Crippen LogP contribution >= 0.6 is 0 Å².